The number of hydrogen-bond donors (Lipinski definition) is 1. The van der Waals surface area contributed by atoms with E-state index < -0.39 is 0 Å². The number of ether oxygens (including phenoxy) is 1. The smallest absolute Gasteiger partial charge is 0.238 e. The largest absolute Gasteiger partial charge is 0.378 e. The summed E-state index contributed by atoms with van der Waals surface area (Å²) in [6.45, 7) is 2.73. The van der Waals surface area contributed by atoms with Crippen LogP contribution in [0.2, 0.25) is 5.02 Å². The number of nitrogens with one attached hydrogen (secondary N) is 1. The molecule has 19 heavy (non-hydrogen) atoms. The van der Waals surface area contributed by atoms with E-state index in [0.717, 1.165) is 18.8 Å². The molecule has 1 amide bonds. The maximum atomic E-state index is 11.5. The Bertz CT molecular complexity index is 507. The first kappa shape index (κ1) is 13.7. The first-order valence-corrected chi connectivity index (χ1v) is 6.38. The summed E-state index contributed by atoms with van der Waals surface area (Å²) in [7, 11) is 0. The van der Waals surface area contributed by atoms with Crippen LogP contribution in [0.5, 0.6) is 0 Å². The number of morpholine rings is 1. The highest BCUT2D eigenvalue weighted by molar-refractivity contribution is 6.34. The van der Waals surface area contributed by atoms with Crippen LogP contribution >= 0.6 is 11.6 Å². The fourth-order valence-corrected chi connectivity index (χ4v) is 2.28. The van der Waals surface area contributed by atoms with Gasteiger partial charge in [0, 0.05) is 13.1 Å². The second-order valence-electron chi connectivity index (χ2n) is 4.12. The predicted molar refractivity (Wildman–Crippen MR) is 73.3 cm³/mol. The normalized spacial score (nSPS) is 14.8. The molecular formula is C13H14ClN3O2. The molecule has 100 valence electrons. The third-order valence-corrected chi connectivity index (χ3v) is 3.13. The zero-order valence-electron chi connectivity index (χ0n) is 10.4. The molecule has 0 radical (unpaired) electrons. The molecular weight excluding hydrogens is 266 g/mol. The van der Waals surface area contributed by atoms with Gasteiger partial charge in [-0.25, -0.2) is 0 Å². The highest BCUT2D eigenvalue weighted by Crippen LogP contribution is 2.34. The van der Waals surface area contributed by atoms with E-state index in [0.29, 0.717) is 23.9 Å². The van der Waals surface area contributed by atoms with Crippen LogP contribution in [0, 0.1) is 11.3 Å². The van der Waals surface area contributed by atoms with Crippen molar-refractivity contribution in [3.63, 3.8) is 0 Å². The number of carbonyl (C=O) groups excluding carboxylic acids is 1. The van der Waals surface area contributed by atoms with Gasteiger partial charge in [-0.05, 0) is 12.1 Å². The van der Waals surface area contributed by atoms with Crippen LogP contribution in [0.3, 0.4) is 0 Å². The zero-order valence-corrected chi connectivity index (χ0v) is 11.1. The highest BCUT2D eigenvalue weighted by Gasteiger charge is 2.18. The van der Waals surface area contributed by atoms with Crippen LogP contribution in [-0.4, -0.2) is 32.2 Å². The minimum Gasteiger partial charge on any atom is -0.378 e. The Morgan fingerprint density at radius 1 is 1.47 bits per heavy atom. The third-order valence-electron chi connectivity index (χ3n) is 2.83. The van der Waals surface area contributed by atoms with Crippen molar-refractivity contribution in [2.24, 2.45) is 0 Å². The number of halogens is 1. The SMILES string of the molecule is N#CCC(=O)Nc1cccc(Cl)c1N1CCOCC1. The Labute approximate surface area is 116 Å². The summed E-state index contributed by atoms with van der Waals surface area (Å²) in [5.74, 6) is -0.334. The molecule has 0 spiro atoms. The van der Waals surface area contributed by atoms with Crippen LogP contribution in [0.4, 0.5) is 11.4 Å². The van der Waals surface area contributed by atoms with Gasteiger partial charge in [0.15, 0.2) is 0 Å². The quantitative estimate of drug-likeness (QED) is 0.919. The second kappa shape index (κ2) is 6.41. The van der Waals surface area contributed by atoms with Gasteiger partial charge in [-0.1, -0.05) is 17.7 Å². The van der Waals surface area contributed by atoms with E-state index in [9.17, 15) is 4.79 Å². The van der Waals surface area contributed by atoms with Crippen molar-refractivity contribution < 1.29 is 9.53 Å². The summed E-state index contributed by atoms with van der Waals surface area (Å²) in [4.78, 5) is 13.6. The fraction of sp³-hybridized carbons (Fsp3) is 0.385. The first-order valence-electron chi connectivity index (χ1n) is 6.00. The first-order chi connectivity index (χ1) is 9.22. The molecule has 1 aliphatic rings. The van der Waals surface area contributed by atoms with Gasteiger partial charge < -0.3 is 15.0 Å². The molecule has 0 aromatic heterocycles. The van der Waals surface area contributed by atoms with E-state index in [1.807, 2.05) is 6.07 Å². The van der Waals surface area contributed by atoms with E-state index in [4.69, 9.17) is 21.6 Å². The molecule has 0 bridgehead atoms. The molecule has 0 saturated carbocycles. The Balaban J connectivity index is 2.25. The van der Waals surface area contributed by atoms with Crippen LogP contribution in [0.15, 0.2) is 18.2 Å². The van der Waals surface area contributed by atoms with E-state index in [1.165, 1.54) is 0 Å². The predicted octanol–water partition coefficient (Wildman–Crippen LogP) is 2.03. The number of nitriles is 1. The third kappa shape index (κ3) is 3.37. The zero-order chi connectivity index (χ0) is 13.7. The summed E-state index contributed by atoms with van der Waals surface area (Å²) < 4.78 is 5.31. The molecule has 6 heteroatoms. The number of rotatable bonds is 3. The molecule has 0 unspecified atom stereocenters. The van der Waals surface area contributed by atoms with Gasteiger partial charge in [0.1, 0.15) is 6.42 Å². The van der Waals surface area contributed by atoms with Gasteiger partial charge in [-0.2, -0.15) is 5.26 Å². The van der Waals surface area contributed by atoms with E-state index in [-0.39, 0.29) is 12.3 Å². The monoisotopic (exact) mass is 279 g/mol. The van der Waals surface area contributed by atoms with Crippen LogP contribution in [0.25, 0.3) is 0 Å². The van der Waals surface area contributed by atoms with Gasteiger partial charge in [-0.15, -0.1) is 0 Å². The fourth-order valence-electron chi connectivity index (χ4n) is 1.99. The molecule has 5 nitrogen and oxygen atoms in total. The lowest BCUT2D eigenvalue weighted by Gasteiger charge is -2.31. The van der Waals surface area contributed by atoms with Crippen LogP contribution < -0.4 is 10.2 Å². The van der Waals surface area contributed by atoms with E-state index in [2.05, 4.69) is 10.2 Å². The summed E-state index contributed by atoms with van der Waals surface area (Å²) in [5, 5.41) is 11.8. The van der Waals surface area contributed by atoms with Gasteiger partial charge in [0.05, 0.1) is 35.7 Å². The minimum absolute atomic E-state index is 0.172. The lowest BCUT2D eigenvalue weighted by Crippen LogP contribution is -2.37. The maximum absolute atomic E-state index is 11.5. The van der Waals surface area contributed by atoms with Gasteiger partial charge >= 0.3 is 0 Å². The van der Waals surface area contributed by atoms with E-state index >= 15 is 0 Å². The Hall–Kier alpha value is -1.77. The van der Waals surface area contributed by atoms with Crippen molar-refractivity contribution in [3.05, 3.63) is 23.2 Å². The lowest BCUT2D eigenvalue weighted by molar-refractivity contribution is -0.115. The summed E-state index contributed by atoms with van der Waals surface area (Å²) in [5.41, 5.74) is 1.42. The van der Waals surface area contributed by atoms with Crippen molar-refractivity contribution >= 4 is 28.9 Å². The molecule has 1 N–H and O–H groups in total. The van der Waals surface area contributed by atoms with Crippen molar-refractivity contribution in [2.45, 2.75) is 6.42 Å². The Morgan fingerprint density at radius 2 is 2.21 bits per heavy atom. The lowest BCUT2D eigenvalue weighted by atomic mass is 10.2. The molecule has 2 rings (SSSR count). The van der Waals surface area contributed by atoms with Crippen LogP contribution in [0.1, 0.15) is 6.42 Å². The van der Waals surface area contributed by atoms with Gasteiger partial charge in [0.25, 0.3) is 0 Å². The second-order valence-corrected chi connectivity index (χ2v) is 4.53. The van der Waals surface area contributed by atoms with E-state index in [1.54, 1.807) is 18.2 Å². The standard InChI is InChI=1S/C13H14ClN3O2/c14-10-2-1-3-11(16-12(18)4-5-15)13(10)17-6-8-19-9-7-17/h1-3H,4,6-9H2,(H,16,18). The number of benzene rings is 1. The molecule has 0 aliphatic carbocycles. The maximum Gasteiger partial charge on any atom is 0.238 e. The number of amides is 1. The number of nitrogens with zero attached hydrogens (tertiary/aromatic N) is 2. The average Bonchev–Trinajstić information content (AvgIpc) is 2.40. The van der Waals surface area contributed by atoms with Crippen molar-refractivity contribution in [2.75, 3.05) is 36.5 Å². The minimum atomic E-state index is -0.334. The number of anilines is 2. The summed E-state index contributed by atoms with van der Waals surface area (Å²) in [6, 6.07) is 7.16. The van der Waals surface area contributed by atoms with Crippen LogP contribution in [-0.2, 0) is 9.53 Å². The Morgan fingerprint density at radius 3 is 2.89 bits per heavy atom. The van der Waals surface area contributed by atoms with Crippen molar-refractivity contribution in [1.29, 1.82) is 5.26 Å². The topological polar surface area (TPSA) is 65.4 Å². The molecule has 1 aromatic carbocycles. The molecule has 1 fully saturated rings. The average molecular weight is 280 g/mol. The Kier molecular flexibility index (Phi) is 4.61. The summed E-state index contributed by atoms with van der Waals surface area (Å²) >= 11 is 6.22. The molecule has 1 saturated heterocycles. The highest BCUT2D eigenvalue weighted by atomic mass is 35.5. The van der Waals surface area contributed by atoms with Gasteiger partial charge in [-0.3, -0.25) is 4.79 Å². The molecule has 1 aromatic rings. The van der Waals surface area contributed by atoms with Crippen molar-refractivity contribution in [1.82, 2.24) is 0 Å². The van der Waals surface area contributed by atoms with Gasteiger partial charge in [0.2, 0.25) is 5.91 Å². The van der Waals surface area contributed by atoms with Crippen molar-refractivity contribution in [3.8, 4) is 6.07 Å². The molecule has 1 heterocycles. The number of carbonyl (C=O) groups is 1. The molecule has 1 aliphatic heterocycles. The number of hydrogen-bond acceptors (Lipinski definition) is 4. The molecule has 0 atom stereocenters. The summed E-state index contributed by atoms with van der Waals surface area (Å²) in [6.07, 6.45) is -0.172. The number of para-hydroxylation sites is 1.